The van der Waals surface area contributed by atoms with Gasteiger partial charge >= 0.3 is 7.12 Å². The van der Waals surface area contributed by atoms with Gasteiger partial charge in [0.1, 0.15) is 5.69 Å². The maximum atomic E-state index is 8.97. The van der Waals surface area contributed by atoms with E-state index in [1.165, 1.54) is 19.4 Å². The number of methoxy groups -OCH3 is 1. The first kappa shape index (κ1) is 10.6. The minimum atomic E-state index is -1.62. The molecule has 0 radical (unpaired) electrons. The average molecular weight is 220 g/mol. The number of ether oxygens (including phenoxy) is 1. The number of aromatic amines is 1. The second-order valence-electron chi connectivity index (χ2n) is 3.02. The highest BCUT2D eigenvalue weighted by Gasteiger charge is 2.17. The van der Waals surface area contributed by atoms with E-state index in [1.54, 1.807) is 6.07 Å². The lowest BCUT2D eigenvalue weighted by atomic mass is 9.85. The monoisotopic (exact) mass is 220 g/mol. The van der Waals surface area contributed by atoms with Crippen LogP contribution < -0.4 is 10.3 Å². The zero-order chi connectivity index (χ0) is 11.5. The molecular weight excluding hydrogens is 211 g/mol. The number of rotatable bonds is 3. The SMILES string of the molecule is COc1nc(B(O)O)ccc1-c1cn[nH]n1. The third kappa shape index (κ3) is 1.88. The van der Waals surface area contributed by atoms with Crippen LogP contribution in [0, 0.1) is 0 Å². The molecule has 0 aliphatic heterocycles. The Balaban J connectivity index is 2.47. The van der Waals surface area contributed by atoms with Crippen LogP contribution in [0.3, 0.4) is 0 Å². The molecule has 0 aromatic carbocycles. The van der Waals surface area contributed by atoms with Crippen LogP contribution in [0.15, 0.2) is 18.3 Å². The van der Waals surface area contributed by atoms with Gasteiger partial charge in [-0.1, -0.05) is 0 Å². The highest BCUT2D eigenvalue weighted by Crippen LogP contribution is 2.23. The Bertz CT molecular complexity index is 474. The molecule has 2 aromatic rings. The molecule has 0 atom stereocenters. The van der Waals surface area contributed by atoms with Gasteiger partial charge in [0.2, 0.25) is 5.88 Å². The molecule has 7 nitrogen and oxygen atoms in total. The van der Waals surface area contributed by atoms with E-state index in [-0.39, 0.29) is 11.5 Å². The summed E-state index contributed by atoms with van der Waals surface area (Å²) in [6, 6.07) is 3.12. The normalized spacial score (nSPS) is 10.2. The largest absolute Gasteiger partial charge is 0.508 e. The van der Waals surface area contributed by atoms with Gasteiger partial charge in [0, 0.05) is 0 Å². The van der Waals surface area contributed by atoms with Gasteiger partial charge in [-0.15, -0.1) is 0 Å². The Labute approximate surface area is 91.3 Å². The highest BCUT2D eigenvalue weighted by molar-refractivity contribution is 6.57. The third-order valence-corrected chi connectivity index (χ3v) is 2.03. The highest BCUT2D eigenvalue weighted by atomic mass is 16.5. The van der Waals surface area contributed by atoms with Crippen LogP contribution in [-0.2, 0) is 0 Å². The molecule has 0 saturated heterocycles. The summed E-state index contributed by atoms with van der Waals surface area (Å²) in [5.41, 5.74) is 1.31. The Hall–Kier alpha value is -1.93. The fourth-order valence-corrected chi connectivity index (χ4v) is 1.28. The van der Waals surface area contributed by atoms with Crippen molar-refractivity contribution in [1.82, 2.24) is 20.4 Å². The Morgan fingerprint density at radius 2 is 2.19 bits per heavy atom. The Morgan fingerprint density at radius 1 is 1.38 bits per heavy atom. The van der Waals surface area contributed by atoms with Crippen molar-refractivity contribution in [3.05, 3.63) is 18.3 Å². The molecule has 8 heteroatoms. The zero-order valence-corrected chi connectivity index (χ0v) is 8.45. The van der Waals surface area contributed by atoms with E-state index < -0.39 is 7.12 Å². The second-order valence-corrected chi connectivity index (χ2v) is 3.02. The summed E-state index contributed by atoms with van der Waals surface area (Å²) in [6.07, 6.45) is 1.52. The van der Waals surface area contributed by atoms with E-state index in [9.17, 15) is 0 Å². The number of hydrogen-bond acceptors (Lipinski definition) is 6. The first-order valence-electron chi connectivity index (χ1n) is 4.49. The van der Waals surface area contributed by atoms with Crippen LogP contribution in [0.2, 0.25) is 0 Å². The smallest absolute Gasteiger partial charge is 0.481 e. The summed E-state index contributed by atoms with van der Waals surface area (Å²) >= 11 is 0. The van der Waals surface area contributed by atoms with Gasteiger partial charge in [0.25, 0.3) is 0 Å². The molecule has 0 fully saturated rings. The van der Waals surface area contributed by atoms with E-state index in [4.69, 9.17) is 14.8 Å². The van der Waals surface area contributed by atoms with Crippen molar-refractivity contribution in [1.29, 1.82) is 0 Å². The quantitative estimate of drug-likeness (QED) is 0.547. The van der Waals surface area contributed by atoms with E-state index in [0.29, 0.717) is 11.3 Å². The molecular formula is C8H9BN4O3. The van der Waals surface area contributed by atoms with Crippen LogP contribution in [-0.4, -0.2) is 44.7 Å². The number of pyridine rings is 1. The lowest BCUT2D eigenvalue weighted by Crippen LogP contribution is -2.32. The molecule has 0 bridgehead atoms. The van der Waals surface area contributed by atoms with Gasteiger partial charge in [-0.3, -0.25) is 0 Å². The van der Waals surface area contributed by atoms with E-state index in [2.05, 4.69) is 20.4 Å². The summed E-state index contributed by atoms with van der Waals surface area (Å²) in [5, 5.41) is 28.0. The van der Waals surface area contributed by atoms with Crippen molar-refractivity contribution in [3.63, 3.8) is 0 Å². The molecule has 82 valence electrons. The van der Waals surface area contributed by atoms with Gasteiger partial charge in [0.15, 0.2) is 0 Å². The summed E-state index contributed by atoms with van der Waals surface area (Å²) in [4.78, 5) is 3.94. The fraction of sp³-hybridized carbons (Fsp3) is 0.125. The molecule has 2 heterocycles. The van der Waals surface area contributed by atoms with Crippen molar-refractivity contribution in [2.45, 2.75) is 0 Å². The van der Waals surface area contributed by atoms with E-state index in [1.807, 2.05) is 0 Å². The molecule has 0 amide bonds. The Morgan fingerprint density at radius 3 is 2.75 bits per heavy atom. The standard InChI is InChI=1S/C8H9BN4O3/c1-16-8-5(6-4-10-13-12-6)2-3-7(11-8)9(14)15/h2-4,14-15H,1H3,(H,10,12,13). The first-order valence-corrected chi connectivity index (χ1v) is 4.49. The van der Waals surface area contributed by atoms with Gasteiger partial charge < -0.3 is 14.8 Å². The molecule has 0 aliphatic carbocycles. The molecule has 0 aliphatic rings. The third-order valence-electron chi connectivity index (χ3n) is 2.03. The number of nitrogens with one attached hydrogen (secondary N) is 1. The summed E-state index contributed by atoms with van der Waals surface area (Å²) in [7, 11) is -0.181. The minimum Gasteiger partial charge on any atom is -0.481 e. The predicted molar refractivity (Wildman–Crippen MR) is 56.0 cm³/mol. The maximum absolute atomic E-state index is 8.97. The van der Waals surface area contributed by atoms with Gasteiger partial charge in [0.05, 0.1) is 24.5 Å². The zero-order valence-electron chi connectivity index (χ0n) is 8.45. The number of hydrogen-bond donors (Lipinski definition) is 3. The van der Waals surface area contributed by atoms with Crippen LogP contribution in [0.25, 0.3) is 11.3 Å². The van der Waals surface area contributed by atoms with Crippen molar-refractivity contribution in [2.24, 2.45) is 0 Å². The van der Waals surface area contributed by atoms with Crippen LogP contribution in [0.4, 0.5) is 0 Å². The van der Waals surface area contributed by atoms with Crippen molar-refractivity contribution < 1.29 is 14.8 Å². The minimum absolute atomic E-state index is 0.115. The summed E-state index contributed by atoms with van der Waals surface area (Å²) in [6.45, 7) is 0. The molecule has 3 N–H and O–H groups in total. The number of H-pyrrole nitrogens is 1. The average Bonchev–Trinajstić information content (AvgIpc) is 2.81. The molecule has 0 spiro atoms. The van der Waals surface area contributed by atoms with Crippen LogP contribution >= 0.6 is 0 Å². The lowest BCUT2D eigenvalue weighted by Gasteiger charge is -2.06. The van der Waals surface area contributed by atoms with Crippen LogP contribution in [0.5, 0.6) is 5.88 Å². The van der Waals surface area contributed by atoms with E-state index >= 15 is 0 Å². The summed E-state index contributed by atoms with van der Waals surface area (Å²) < 4.78 is 5.04. The van der Waals surface area contributed by atoms with Crippen LogP contribution in [0.1, 0.15) is 0 Å². The molecule has 0 unspecified atom stereocenters. The van der Waals surface area contributed by atoms with Crippen molar-refractivity contribution in [2.75, 3.05) is 7.11 Å². The van der Waals surface area contributed by atoms with Crippen molar-refractivity contribution in [3.8, 4) is 17.1 Å². The van der Waals surface area contributed by atoms with E-state index in [0.717, 1.165) is 0 Å². The molecule has 16 heavy (non-hydrogen) atoms. The molecule has 2 rings (SSSR count). The molecule has 2 aromatic heterocycles. The topological polar surface area (TPSA) is 104 Å². The summed E-state index contributed by atoms with van der Waals surface area (Å²) in [5.74, 6) is 0.263. The lowest BCUT2D eigenvalue weighted by molar-refractivity contribution is 0.396. The fourth-order valence-electron chi connectivity index (χ4n) is 1.28. The second kappa shape index (κ2) is 4.29. The Kier molecular flexibility index (Phi) is 2.84. The molecule has 0 saturated carbocycles. The van der Waals surface area contributed by atoms with Gasteiger partial charge in [-0.2, -0.15) is 15.4 Å². The van der Waals surface area contributed by atoms with Gasteiger partial charge in [-0.05, 0) is 12.1 Å². The van der Waals surface area contributed by atoms with Crippen molar-refractivity contribution >= 4 is 12.7 Å². The number of nitrogens with zero attached hydrogens (tertiary/aromatic N) is 3. The first-order chi connectivity index (χ1) is 7.72. The number of aromatic nitrogens is 4. The van der Waals surface area contributed by atoms with Gasteiger partial charge in [-0.25, -0.2) is 4.98 Å². The maximum Gasteiger partial charge on any atom is 0.508 e. The predicted octanol–water partition coefficient (Wildman–Crippen LogP) is -1.44.